The molecule has 0 aromatic carbocycles. The van der Waals surface area contributed by atoms with E-state index in [1.807, 2.05) is 32.9 Å². The molecule has 2 rings (SSSR count). The van der Waals surface area contributed by atoms with Crippen LogP contribution in [0.3, 0.4) is 0 Å². The second-order valence-corrected chi connectivity index (χ2v) is 4.56. The van der Waals surface area contributed by atoms with Crippen molar-refractivity contribution >= 4 is 5.97 Å². The Hall–Kier alpha value is -1.25. The second kappa shape index (κ2) is 2.62. The van der Waals surface area contributed by atoms with Crippen molar-refractivity contribution < 1.29 is 14.3 Å². The minimum Gasteiger partial charge on any atom is -0.481 e. The van der Waals surface area contributed by atoms with Gasteiger partial charge in [-0.05, 0) is 24.5 Å². The van der Waals surface area contributed by atoms with Crippen LogP contribution in [0.5, 0.6) is 0 Å². The third-order valence-corrected chi connectivity index (χ3v) is 3.16. The molecule has 3 nitrogen and oxygen atoms in total. The van der Waals surface area contributed by atoms with E-state index in [0.29, 0.717) is 0 Å². The lowest BCUT2D eigenvalue weighted by Crippen LogP contribution is -2.02. The molecule has 14 heavy (non-hydrogen) atoms. The standard InChI is InChI=1S/C11H14O3/c1-6-4-5-7(14-6)8-9(10(12)13)11(8,2)3/h4-5,8-9H,1-3H3,(H,12,13)/t8-,9+/m0/s1. The van der Waals surface area contributed by atoms with Gasteiger partial charge in [-0.1, -0.05) is 13.8 Å². The Morgan fingerprint density at radius 2 is 2.14 bits per heavy atom. The van der Waals surface area contributed by atoms with E-state index in [1.165, 1.54) is 0 Å². The maximum Gasteiger partial charge on any atom is 0.307 e. The predicted octanol–water partition coefficient (Wildman–Crippen LogP) is 2.41. The number of carbonyl (C=O) groups is 1. The average Bonchev–Trinajstić information content (AvgIpc) is 2.42. The van der Waals surface area contributed by atoms with Gasteiger partial charge in [0.15, 0.2) is 0 Å². The van der Waals surface area contributed by atoms with Crippen LogP contribution < -0.4 is 0 Å². The van der Waals surface area contributed by atoms with Gasteiger partial charge in [-0.25, -0.2) is 0 Å². The van der Waals surface area contributed by atoms with E-state index < -0.39 is 5.97 Å². The van der Waals surface area contributed by atoms with Gasteiger partial charge in [-0.3, -0.25) is 4.79 Å². The van der Waals surface area contributed by atoms with Crippen LogP contribution in [-0.4, -0.2) is 11.1 Å². The largest absolute Gasteiger partial charge is 0.481 e. The SMILES string of the molecule is Cc1ccc([C@H]2[C@H](C(=O)O)C2(C)C)o1. The first-order chi connectivity index (χ1) is 6.44. The summed E-state index contributed by atoms with van der Waals surface area (Å²) in [5.74, 6) is 0.655. The number of hydrogen-bond acceptors (Lipinski definition) is 2. The lowest BCUT2D eigenvalue weighted by atomic mass is 10.1. The average molecular weight is 194 g/mol. The third-order valence-electron chi connectivity index (χ3n) is 3.16. The Morgan fingerprint density at radius 3 is 2.50 bits per heavy atom. The maximum absolute atomic E-state index is 10.9. The molecule has 76 valence electrons. The van der Waals surface area contributed by atoms with Crippen molar-refractivity contribution in [1.29, 1.82) is 0 Å². The van der Waals surface area contributed by atoms with Gasteiger partial charge in [-0.15, -0.1) is 0 Å². The fourth-order valence-electron chi connectivity index (χ4n) is 2.25. The molecule has 1 heterocycles. The fraction of sp³-hybridized carbons (Fsp3) is 0.545. The summed E-state index contributed by atoms with van der Waals surface area (Å²) >= 11 is 0. The van der Waals surface area contributed by atoms with Crippen LogP contribution in [0.25, 0.3) is 0 Å². The zero-order chi connectivity index (χ0) is 10.5. The number of rotatable bonds is 2. The quantitative estimate of drug-likeness (QED) is 0.786. The van der Waals surface area contributed by atoms with Crippen LogP contribution in [0, 0.1) is 18.3 Å². The minimum absolute atomic E-state index is 0.0358. The van der Waals surface area contributed by atoms with Gasteiger partial charge in [-0.2, -0.15) is 0 Å². The van der Waals surface area contributed by atoms with Crippen LogP contribution in [0.15, 0.2) is 16.5 Å². The van der Waals surface area contributed by atoms with Crippen molar-refractivity contribution in [3.8, 4) is 0 Å². The summed E-state index contributed by atoms with van der Waals surface area (Å²) in [5, 5.41) is 8.99. The predicted molar refractivity (Wildman–Crippen MR) is 51.1 cm³/mol. The Morgan fingerprint density at radius 1 is 1.50 bits per heavy atom. The van der Waals surface area contributed by atoms with Gasteiger partial charge >= 0.3 is 5.97 Å². The summed E-state index contributed by atoms with van der Waals surface area (Å²) in [6, 6.07) is 3.76. The summed E-state index contributed by atoms with van der Waals surface area (Å²) in [6.45, 7) is 5.80. The van der Waals surface area contributed by atoms with E-state index >= 15 is 0 Å². The fourth-order valence-corrected chi connectivity index (χ4v) is 2.25. The monoisotopic (exact) mass is 194 g/mol. The lowest BCUT2D eigenvalue weighted by Gasteiger charge is -1.97. The van der Waals surface area contributed by atoms with Gasteiger partial charge in [0, 0.05) is 5.92 Å². The molecule has 1 aromatic heterocycles. The zero-order valence-corrected chi connectivity index (χ0v) is 8.57. The van der Waals surface area contributed by atoms with Crippen LogP contribution in [-0.2, 0) is 4.79 Å². The second-order valence-electron chi connectivity index (χ2n) is 4.56. The zero-order valence-electron chi connectivity index (χ0n) is 8.57. The Bertz CT molecular complexity index is 376. The number of aryl methyl sites for hydroxylation is 1. The first-order valence-corrected chi connectivity index (χ1v) is 4.73. The van der Waals surface area contributed by atoms with E-state index in [1.54, 1.807) is 0 Å². The number of hydrogen-bond donors (Lipinski definition) is 1. The normalized spacial score (nSPS) is 28.8. The molecule has 1 aromatic rings. The number of carboxylic acids is 1. The molecule has 1 N–H and O–H groups in total. The molecule has 0 bridgehead atoms. The molecule has 0 spiro atoms. The molecule has 0 saturated heterocycles. The van der Waals surface area contributed by atoms with E-state index in [0.717, 1.165) is 11.5 Å². The lowest BCUT2D eigenvalue weighted by molar-refractivity contribution is -0.139. The third kappa shape index (κ3) is 1.15. The number of aliphatic carboxylic acids is 1. The molecular weight excluding hydrogens is 180 g/mol. The van der Waals surface area contributed by atoms with Gasteiger partial charge in [0.1, 0.15) is 11.5 Å². The Balaban J connectivity index is 2.27. The highest BCUT2D eigenvalue weighted by atomic mass is 16.4. The van der Waals surface area contributed by atoms with Crippen LogP contribution in [0.4, 0.5) is 0 Å². The van der Waals surface area contributed by atoms with Crippen LogP contribution in [0.2, 0.25) is 0 Å². The van der Waals surface area contributed by atoms with Gasteiger partial charge < -0.3 is 9.52 Å². The summed E-state index contributed by atoms with van der Waals surface area (Å²) in [7, 11) is 0. The van der Waals surface area contributed by atoms with E-state index in [2.05, 4.69) is 0 Å². The van der Waals surface area contributed by atoms with Crippen LogP contribution in [0.1, 0.15) is 31.3 Å². The van der Waals surface area contributed by atoms with Gasteiger partial charge in [0.05, 0.1) is 5.92 Å². The summed E-state index contributed by atoms with van der Waals surface area (Å²) in [5.41, 5.74) is -0.171. The molecule has 0 aliphatic heterocycles. The molecule has 1 aliphatic rings. The van der Waals surface area contributed by atoms with Gasteiger partial charge in [0.2, 0.25) is 0 Å². The molecule has 2 atom stereocenters. The number of carboxylic acid groups (broad SMARTS) is 1. The summed E-state index contributed by atoms with van der Waals surface area (Å²) in [4.78, 5) is 10.9. The summed E-state index contributed by atoms with van der Waals surface area (Å²) in [6.07, 6.45) is 0. The van der Waals surface area contributed by atoms with Crippen molar-refractivity contribution in [1.82, 2.24) is 0 Å². The van der Waals surface area contributed by atoms with E-state index in [4.69, 9.17) is 9.52 Å². The molecule has 0 radical (unpaired) electrons. The van der Waals surface area contributed by atoms with Crippen molar-refractivity contribution in [2.24, 2.45) is 11.3 Å². The first-order valence-electron chi connectivity index (χ1n) is 4.73. The summed E-state index contributed by atoms with van der Waals surface area (Å²) < 4.78 is 5.46. The first kappa shape index (κ1) is 9.31. The van der Waals surface area contributed by atoms with Crippen molar-refractivity contribution in [2.75, 3.05) is 0 Å². The molecule has 1 aliphatic carbocycles. The molecule has 1 fully saturated rings. The Kier molecular flexibility index (Phi) is 1.74. The highest BCUT2D eigenvalue weighted by Gasteiger charge is 2.64. The molecule has 0 amide bonds. The maximum atomic E-state index is 10.9. The van der Waals surface area contributed by atoms with Crippen molar-refractivity contribution in [3.05, 3.63) is 23.7 Å². The van der Waals surface area contributed by atoms with Crippen molar-refractivity contribution in [2.45, 2.75) is 26.7 Å². The van der Waals surface area contributed by atoms with E-state index in [9.17, 15) is 4.79 Å². The highest BCUT2D eigenvalue weighted by molar-refractivity contribution is 5.77. The minimum atomic E-state index is -0.728. The van der Waals surface area contributed by atoms with E-state index in [-0.39, 0.29) is 17.3 Å². The topological polar surface area (TPSA) is 50.4 Å². The smallest absolute Gasteiger partial charge is 0.307 e. The highest BCUT2D eigenvalue weighted by Crippen LogP contribution is 2.64. The van der Waals surface area contributed by atoms with Gasteiger partial charge in [0.25, 0.3) is 0 Å². The molecule has 0 unspecified atom stereocenters. The van der Waals surface area contributed by atoms with Crippen molar-refractivity contribution in [3.63, 3.8) is 0 Å². The number of furan rings is 1. The molecule has 3 heteroatoms. The Labute approximate surface area is 82.7 Å². The molecule has 1 saturated carbocycles. The molecular formula is C11H14O3. The van der Waals surface area contributed by atoms with Crippen LogP contribution >= 0.6 is 0 Å².